The minimum absolute atomic E-state index is 0.866. The summed E-state index contributed by atoms with van der Waals surface area (Å²) in [6, 6.07) is 60.1. The molecule has 0 atom stereocenters. The van der Waals surface area contributed by atoms with Gasteiger partial charge in [0.25, 0.3) is 0 Å². The first-order chi connectivity index (χ1) is 26.8. The fourth-order valence-electron chi connectivity index (χ4n) is 8.20. The van der Waals surface area contributed by atoms with E-state index in [1.165, 1.54) is 26.9 Å². The van der Waals surface area contributed by atoms with Gasteiger partial charge in [0.05, 0.1) is 33.6 Å². The molecule has 250 valence electrons. The highest BCUT2D eigenvalue weighted by Gasteiger charge is 2.18. The third kappa shape index (κ3) is 4.85. The number of hydrogen-bond donors (Lipinski definition) is 0. The number of aromatic nitrogens is 4. The fraction of sp³-hybridized carbons (Fsp3) is 0. The molecule has 54 heavy (non-hydrogen) atoms. The molecule has 0 bridgehead atoms. The van der Waals surface area contributed by atoms with Crippen molar-refractivity contribution in [3.05, 3.63) is 182 Å². The second-order valence-corrected chi connectivity index (χ2v) is 13.8. The zero-order valence-electron chi connectivity index (χ0n) is 29.1. The van der Waals surface area contributed by atoms with Crippen LogP contribution in [0, 0.1) is 0 Å². The Hall–Kier alpha value is -7.30. The Morgan fingerprint density at radius 1 is 0.333 bits per heavy atom. The van der Waals surface area contributed by atoms with E-state index in [0.29, 0.717) is 0 Å². The number of nitrogens with zero attached hydrogens (tertiary/aromatic N) is 4. The number of fused-ring (bicyclic) bond motifs is 8. The maximum absolute atomic E-state index is 5.35. The molecule has 0 fully saturated rings. The molecule has 4 heteroatoms. The van der Waals surface area contributed by atoms with E-state index in [1.54, 1.807) is 0 Å². The van der Waals surface area contributed by atoms with Crippen LogP contribution in [0.5, 0.6) is 0 Å². The average molecular weight is 687 g/mol. The molecule has 7 aromatic carbocycles. The fourth-order valence-corrected chi connectivity index (χ4v) is 8.20. The molecule has 0 aliphatic heterocycles. The summed E-state index contributed by atoms with van der Waals surface area (Å²) >= 11 is 0. The smallest absolute Gasteiger partial charge is 0.0795 e. The van der Waals surface area contributed by atoms with Crippen LogP contribution in [0.25, 0.3) is 110 Å². The Morgan fingerprint density at radius 2 is 0.926 bits per heavy atom. The van der Waals surface area contributed by atoms with Gasteiger partial charge in [-0.2, -0.15) is 0 Å². The highest BCUT2D eigenvalue weighted by atomic mass is 14.7. The normalized spacial score (nSPS) is 11.7. The van der Waals surface area contributed by atoms with Gasteiger partial charge in [0, 0.05) is 56.0 Å². The van der Waals surface area contributed by atoms with E-state index in [2.05, 4.69) is 158 Å². The van der Waals surface area contributed by atoms with E-state index in [0.717, 1.165) is 83.0 Å². The lowest BCUT2D eigenvalue weighted by atomic mass is 9.90. The van der Waals surface area contributed by atoms with Gasteiger partial charge in [0.1, 0.15) is 0 Å². The SMILES string of the molecule is c1ccc2cc(-c3nc4ccccc4c4c3ccc3c(-c5cc(-c6cccc7cccnc67)nc(-c6cccc7cccnc67)c5)cccc34)ccc2c1. The van der Waals surface area contributed by atoms with E-state index in [9.17, 15) is 0 Å². The summed E-state index contributed by atoms with van der Waals surface area (Å²) < 4.78 is 0. The second-order valence-electron chi connectivity index (χ2n) is 13.8. The third-order valence-electron chi connectivity index (χ3n) is 10.7. The van der Waals surface area contributed by atoms with Crippen LogP contribution in [0.4, 0.5) is 0 Å². The van der Waals surface area contributed by atoms with E-state index in [1.807, 2.05) is 24.5 Å². The van der Waals surface area contributed by atoms with Gasteiger partial charge in [0.2, 0.25) is 0 Å². The second kappa shape index (κ2) is 12.1. The molecule has 11 rings (SSSR count). The highest BCUT2D eigenvalue weighted by molar-refractivity contribution is 6.24. The summed E-state index contributed by atoms with van der Waals surface area (Å²) in [7, 11) is 0. The molecular formula is C50H30N4. The largest absolute Gasteiger partial charge is 0.256 e. The van der Waals surface area contributed by atoms with E-state index < -0.39 is 0 Å². The van der Waals surface area contributed by atoms with Gasteiger partial charge >= 0.3 is 0 Å². The van der Waals surface area contributed by atoms with Crippen molar-refractivity contribution in [3.8, 4) is 44.9 Å². The maximum Gasteiger partial charge on any atom is 0.0795 e. The molecule has 0 saturated heterocycles. The molecule has 11 aromatic rings. The molecule has 0 radical (unpaired) electrons. The van der Waals surface area contributed by atoms with Crippen LogP contribution in [0.2, 0.25) is 0 Å². The molecule has 0 amide bonds. The number of hydrogen-bond acceptors (Lipinski definition) is 4. The lowest BCUT2D eigenvalue weighted by Gasteiger charge is -2.16. The van der Waals surface area contributed by atoms with Crippen molar-refractivity contribution in [2.75, 3.05) is 0 Å². The van der Waals surface area contributed by atoms with E-state index in [4.69, 9.17) is 19.9 Å². The van der Waals surface area contributed by atoms with E-state index in [-0.39, 0.29) is 0 Å². The van der Waals surface area contributed by atoms with Crippen LogP contribution in [0.3, 0.4) is 0 Å². The van der Waals surface area contributed by atoms with Gasteiger partial charge < -0.3 is 0 Å². The van der Waals surface area contributed by atoms with Crippen LogP contribution >= 0.6 is 0 Å². The van der Waals surface area contributed by atoms with Gasteiger partial charge in [0.15, 0.2) is 0 Å². The Bertz CT molecular complexity index is 3190. The molecule has 4 aromatic heterocycles. The first kappa shape index (κ1) is 30.3. The Morgan fingerprint density at radius 3 is 1.69 bits per heavy atom. The Balaban J connectivity index is 1.20. The van der Waals surface area contributed by atoms with Crippen molar-refractivity contribution in [3.63, 3.8) is 0 Å². The monoisotopic (exact) mass is 686 g/mol. The number of pyridine rings is 4. The van der Waals surface area contributed by atoms with Gasteiger partial charge in [-0.25, -0.2) is 9.97 Å². The average Bonchev–Trinajstić information content (AvgIpc) is 3.25. The standard InChI is InChI=1S/C50H30N4/c1-2-11-34-28-35(23-22-31(34)10-1)50-43-25-24-38-37(17-7-18-39(38)47(43)40-16-3-4-21-44(40)54-50)36-29-45(41-19-5-12-32-14-8-26-51-48(32)41)53-46(30-36)42-20-6-13-33-15-9-27-52-49(33)42/h1-30H. The summed E-state index contributed by atoms with van der Waals surface area (Å²) in [4.78, 5) is 20.3. The van der Waals surface area contributed by atoms with Crippen molar-refractivity contribution < 1.29 is 0 Å². The predicted molar refractivity (Wildman–Crippen MR) is 224 cm³/mol. The molecule has 0 spiro atoms. The Labute approximate surface area is 311 Å². The van der Waals surface area contributed by atoms with Gasteiger partial charge in [-0.05, 0) is 69.1 Å². The maximum atomic E-state index is 5.35. The van der Waals surface area contributed by atoms with Crippen molar-refractivity contribution >= 4 is 65.0 Å². The Kier molecular flexibility index (Phi) is 6.82. The molecule has 0 saturated carbocycles. The zero-order valence-corrected chi connectivity index (χ0v) is 29.1. The number of rotatable bonds is 4. The van der Waals surface area contributed by atoms with Crippen LogP contribution in [-0.4, -0.2) is 19.9 Å². The van der Waals surface area contributed by atoms with Gasteiger partial charge in [-0.1, -0.05) is 133 Å². The molecule has 0 N–H and O–H groups in total. The van der Waals surface area contributed by atoms with Crippen LogP contribution in [0.15, 0.2) is 182 Å². The summed E-state index contributed by atoms with van der Waals surface area (Å²) in [6.45, 7) is 0. The molecular weight excluding hydrogens is 657 g/mol. The van der Waals surface area contributed by atoms with Crippen molar-refractivity contribution in [2.24, 2.45) is 0 Å². The molecule has 4 heterocycles. The summed E-state index contributed by atoms with van der Waals surface area (Å²) in [5.41, 5.74) is 10.9. The summed E-state index contributed by atoms with van der Waals surface area (Å²) in [5, 5.41) is 10.4. The first-order valence-electron chi connectivity index (χ1n) is 18.2. The van der Waals surface area contributed by atoms with Crippen molar-refractivity contribution in [1.29, 1.82) is 0 Å². The first-order valence-corrected chi connectivity index (χ1v) is 18.2. The van der Waals surface area contributed by atoms with Crippen LogP contribution in [0.1, 0.15) is 0 Å². The lowest BCUT2D eigenvalue weighted by molar-refractivity contribution is 1.31. The molecule has 0 aliphatic rings. The number of para-hydroxylation sites is 3. The number of benzene rings is 7. The van der Waals surface area contributed by atoms with Gasteiger partial charge in [-0.3, -0.25) is 9.97 Å². The van der Waals surface area contributed by atoms with Crippen molar-refractivity contribution in [2.45, 2.75) is 0 Å². The molecule has 0 unspecified atom stereocenters. The predicted octanol–water partition coefficient (Wildman–Crippen LogP) is 12.9. The van der Waals surface area contributed by atoms with E-state index >= 15 is 0 Å². The molecule has 4 nitrogen and oxygen atoms in total. The minimum Gasteiger partial charge on any atom is -0.256 e. The minimum atomic E-state index is 0.866. The highest BCUT2D eigenvalue weighted by Crippen LogP contribution is 2.42. The quantitative estimate of drug-likeness (QED) is 0.173. The zero-order chi connectivity index (χ0) is 35.6. The summed E-state index contributed by atoms with van der Waals surface area (Å²) in [6.07, 6.45) is 3.71. The van der Waals surface area contributed by atoms with Gasteiger partial charge in [-0.15, -0.1) is 0 Å². The molecule has 0 aliphatic carbocycles. The van der Waals surface area contributed by atoms with Crippen LogP contribution in [-0.2, 0) is 0 Å². The van der Waals surface area contributed by atoms with Crippen LogP contribution < -0.4 is 0 Å². The summed E-state index contributed by atoms with van der Waals surface area (Å²) in [5.74, 6) is 0. The third-order valence-corrected chi connectivity index (χ3v) is 10.7. The lowest BCUT2D eigenvalue weighted by Crippen LogP contribution is -1.95. The van der Waals surface area contributed by atoms with Crippen molar-refractivity contribution in [1.82, 2.24) is 19.9 Å². The topological polar surface area (TPSA) is 51.6 Å².